The molecule has 0 aromatic rings. The van der Waals surface area contributed by atoms with Gasteiger partial charge in [-0.05, 0) is 46.8 Å². The number of carbonyl (C=O) groups is 1. The first-order chi connectivity index (χ1) is 7.00. The SMILES string of the molecule is CC(C)OC(=O)N(C)C1CCN(C)CC1. The van der Waals surface area contributed by atoms with Crippen LogP contribution in [-0.4, -0.2) is 55.2 Å². The Hall–Kier alpha value is -0.770. The van der Waals surface area contributed by atoms with E-state index in [-0.39, 0.29) is 12.2 Å². The highest BCUT2D eigenvalue weighted by atomic mass is 16.6. The van der Waals surface area contributed by atoms with E-state index in [1.165, 1.54) is 0 Å². The first-order valence-corrected chi connectivity index (χ1v) is 5.62. The molecule has 1 saturated heterocycles. The van der Waals surface area contributed by atoms with Crippen LogP contribution in [0.15, 0.2) is 0 Å². The Morgan fingerprint density at radius 2 is 1.93 bits per heavy atom. The van der Waals surface area contributed by atoms with Crippen LogP contribution < -0.4 is 0 Å². The van der Waals surface area contributed by atoms with E-state index in [2.05, 4.69) is 11.9 Å². The third kappa shape index (κ3) is 3.70. The summed E-state index contributed by atoms with van der Waals surface area (Å²) >= 11 is 0. The van der Waals surface area contributed by atoms with Gasteiger partial charge >= 0.3 is 6.09 Å². The number of likely N-dealkylation sites (tertiary alicyclic amines) is 1. The molecule has 15 heavy (non-hydrogen) atoms. The third-order valence-electron chi connectivity index (χ3n) is 2.86. The molecule has 1 aliphatic heterocycles. The van der Waals surface area contributed by atoms with Crippen molar-refractivity contribution >= 4 is 6.09 Å². The highest BCUT2D eigenvalue weighted by Gasteiger charge is 2.25. The van der Waals surface area contributed by atoms with Gasteiger partial charge in [0.25, 0.3) is 0 Å². The second kappa shape index (κ2) is 5.35. The quantitative estimate of drug-likeness (QED) is 0.699. The Labute approximate surface area is 92.2 Å². The smallest absolute Gasteiger partial charge is 0.410 e. The van der Waals surface area contributed by atoms with E-state index in [1.807, 2.05) is 20.9 Å². The van der Waals surface area contributed by atoms with Crippen molar-refractivity contribution in [2.45, 2.75) is 38.8 Å². The first kappa shape index (κ1) is 12.3. The zero-order valence-corrected chi connectivity index (χ0v) is 10.2. The summed E-state index contributed by atoms with van der Waals surface area (Å²) in [6.45, 7) is 5.87. The molecule has 88 valence electrons. The zero-order chi connectivity index (χ0) is 11.4. The van der Waals surface area contributed by atoms with E-state index >= 15 is 0 Å². The standard InChI is InChI=1S/C11H22N2O2/c1-9(2)15-11(14)13(4)10-5-7-12(3)8-6-10/h9-10H,5-8H2,1-4H3. The number of ether oxygens (including phenoxy) is 1. The van der Waals surface area contributed by atoms with Crippen molar-refractivity contribution in [3.63, 3.8) is 0 Å². The summed E-state index contributed by atoms with van der Waals surface area (Å²) in [6, 6.07) is 0.340. The molecule has 1 amide bonds. The maximum atomic E-state index is 11.6. The van der Waals surface area contributed by atoms with Crippen LogP contribution in [0.25, 0.3) is 0 Å². The summed E-state index contributed by atoms with van der Waals surface area (Å²) < 4.78 is 5.17. The number of carbonyl (C=O) groups excluding carboxylic acids is 1. The second-order valence-electron chi connectivity index (χ2n) is 4.58. The molecule has 1 heterocycles. The number of piperidine rings is 1. The fraction of sp³-hybridized carbons (Fsp3) is 0.909. The average Bonchev–Trinajstić information content (AvgIpc) is 2.17. The Morgan fingerprint density at radius 1 is 1.40 bits per heavy atom. The number of nitrogens with zero attached hydrogens (tertiary/aromatic N) is 2. The van der Waals surface area contributed by atoms with Gasteiger partial charge in [-0.15, -0.1) is 0 Å². The largest absolute Gasteiger partial charge is 0.447 e. The van der Waals surface area contributed by atoms with Crippen LogP contribution in [0.1, 0.15) is 26.7 Å². The molecule has 4 heteroatoms. The minimum Gasteiger partial charge on any atom is -0.447 e. The number of amides is 1. The molecule has 0 atom stereocenters. The number of rotatable bonds is 2. The normalized spacial score (nSPS) is 19.3. The van der Waals surface area contributed by atoms with Crippen LogP contribution in [0.2, 0.25) is 0 Å². The molecule has 0 N–H and O–H groups in total. The molecule has 0 saturated carbocycles. The predicted molar refractivity (Wildman–Crippen MR) is 59.9 cm³/mol. The van der Waals surface area contributed by atoms with E-state index in [1.54, 1.807) is 4.90 Å². The maximum absolute atomic E-state index is 11.6. The Bertz CT molecular complexity index is 211. The lowest BCUT2D eigenvalue weighted by Gasteiger charge is -2.34. The van der Waals surface area contributed by atoms with Gasteiger partial charge in [-0.1, -0.05) is 0 Å². The van der Waals surface area contributed by atoms with Gasteiger partial charge in [0.2, 0.25) is 0 Å². The Morgan fingerprint density at radius 3 is 2.40 bits per heavy atom. The van der Waals surface area contributed by atoms with Crippen LogP contribution in [-0.2, 0) is 4.74 Å². The molecule has 0 bridgehead atoms. The van der Waals surface area contributed by atoms with Crippen molar-refractivity contribution < 1.29 is 9.53 Å². The summed E-state index contributed by atoms with van der Waals surface area (Å²) in [4.78, 5) is 15.7. The second-order valence-corrected chi connectivity index (χ2v) is 4.58. The minimum absolute atomic E-state index is 0.0359. The van der Waals surface area contributed by atoms with E-state index in [9.17, 15) is 4.79 Å². The summed E-state index contributed by atoms with van der Waals surface area (Å²) in [5, 5.41) is 0. The van der Waals surface area contributed by atoms with Crippen molar-refractivity contribution in [3.8, 4) is 0 Å². The minimum atomic E-state index is -0.195. The van der Waals surface area contributed by atoms with Gasteiger partial charge in [0.15, 0.2) is 0 Å². The molecule has 1 fully saturated rings. The van der Waals surface area contributed by atoms with E-state index in [4.69, 9.17) is 4.74 Å². The Kier molecular flexibility index (Phi) is 4.39. The first-order valence-electron chi connectivity index (χ1n) is 5.62. The van der Waals surface area contributed by atoms with Gasteiger partial charge in [0.1, 0.15) is 0 Å². The summed E-state index contributed by atoms with van der Waals surface area (Å²) in [5.41, 5.74) is 0. The van der Waals surface area contributed by atoms with Crippen molar-refractivity contribution in [2.75, 3.05) is 27.2 Å². The highest BCUT2D eigenvalue weighted by molar-refractivity contribution is 5.67. The lowest BCUT2D eigenvalue weighted by atomic mass is 10.0. The number of hydrogen-bond acceptors (Lipinski definition) is 3. The molecule has 1 aliphatic rings. The van der Waals surface area contributed by atoms with Gasteiger partial charge < -0.3 is 14.5 Å². The van der Waals surface area contributed by atoms with Crippen molar-refractivity contribution in [3.05, 3.63) is 0 Å². The topological polar surface area (TPSA) is 32.8 Å². The summed E-state index contributed by atoms with van der Waals surface area (Å²) in [6.07, 6.45) is 1.85. The zero-order valence-electron chi connectivity index (χ0n) is 10.2. The average molecular weight is 214 g/mol. The summed E-state index contributed by atoms with van der Waals surface area (Å²) in [7, 11) is 3.95. The molecular weight excluding hydrogens is 192 g/mol. The molecule has 0 radical (unpaired) electrons. The fourth-order valence-corrected chi connectivity index (χ4v) is 1.82. The van der Waals surface area contributed by atoms with Gasteiger partial charge in [-0.3, -0.25) is 0 Å². The Balaban J connectivity index is 2.39. The molecule has 0 unspecified atom stereocenters. The molecule has 4 nitrogen and oxygen atoms in total. The van der Waals surface area contributed by atoms with Crippen molar-refractivity contribution in [2.24, 2.45) is 0 Å². The fourth-order valence-electron chi connectivity index (χ4n) is 1.82. The van der Waals surface area contributed by atoms with Crippen LogP contribution in [0.3, 0.4) is 0 Å². The van der Waals surface area contributed by atoms with Gasteiger partial charge in [-0.2, -0.15) is 0 Å². The van der Waals surface area contributed by atoms with E-state index in [0.29, 0.717) is 6.04 Å². The van der Waals surface area contributed by atoms with Crippen molar-refractivity contribution in [1.82, 2.24) is 9.80 Å². The van der Waals surface area contributed by atoms with Crippen molar-refractivity contribution in [1.29, 1.82) is 0 Å². The molecule has 1 rings (SSSR count). The van der Waals surface area contributed by atoms with Crippen LogP contribution in [0, 0.1) is 0 Å². The van der Waals surface area contributed by atoms with Crippen LogP contribution in [0.4, 0.5) is 4.79 Å². The predicted octanol–water partition coefficient (Wildman–Crippen LogP) is 1.56. The van der Waals surface area contributed by atoms with E-state index < -0.39 is 0 Å². The lowest BCUT2D eigenvalue weighted by molar-refractivity contribution is 0.0606. The molecular formula is C11H22N2O2. The van der Waals surface area contributed by atoms with Crippen LogP contribution >= 0.6 is 0 Å². The molecule has 0 aromatic carbocycles. The third-order valence-corrected chi connectivity index (χ3v) is 2.86. The van der Waals surface area contributed by atoms with Gasteiger partial charge in [0.05, 0.1) is 6.10 Å². The van der Waals surface area contributed by atoms with Crippen LogP contribution in [0.5, 0.6) is 0 Å². The maximum Gasteiger partial charge on any atom is 0.410 e. The molecule has 0 aromatic heterocycles. The summed E-state index contributed by atoms with van der Waals surface area (Å²) in [5.74, 6) is 0. The lowest BCUT2D eigenvalue weighted by Crippen LogP contribution is -2.45. The molecule has 0 spiro atoms. The van der Waals surface area contributed by atoms with Gasteiger partial charge in [-0.25, -0.2) is 4.79 Å². The number of hydrogen-bond donors (Lipinski definition) is 0. The van der Waals surface area contributed by atoms with Gasteiger partial charge in [0, 0.05) is 13.1 Å². The highest BCUT2D eigenvalue weighted by Crippen LogP contribution is 2.15. The monoisotopic (exact) mass is 214 g/mol. The molecule has 0 aliphatic carbocycles. The van der Waals surface area contributed by atoms with E-state index in [0.717, 1.165) is 25.9 Å².